The van der Waals surface area contributed by atoms with Crippen molar-refractivity contribution in [3.05, 3.63) is 76.3 Å². The number of ether oxygens (including phenoxy) is 1. The Labute approximate surface area is 189 Å². The molecule has 0 saturated carbocycles. The van der Waals surface area contributed by atoms with Crippen LogP contribution in [0, 0.1) is 21.7 Å². The van der Waals surface area contributed by atoms with E-state index in [0.29, 0.717) is 23.5 Å². The molecule has 0 saturated heterocycles. The molecule has 0 radical (unpaired) electrons. The van der Waals surface area contributed by atoms with E-state index in [1.165, 1.54) is 36.4 Å². The lowest BCUT2D eigenvalue weighted by Gasteiger charge is -2.09. The first-order chi connectivity index (χ1) is 16.0. The van der Waals surface area contributed by atoms with E-state index in [-0.39, 0.29) is 28.2 Å². The molecule has 0 unspecified atom stereocenters. The van der Waals surface area contributed by atoms with Gasteiger partial charge in [0.1, 0.15) is 22.9 Å². The molecule has 4 aromatic rings. The minimum Gasteiger partial charge on any atom is -0.493 e. The number of benzene rings is 3. The van der Waals surface area contributed by atoms with Crippen LogP contribution in [0.2, 0.25) is 0 Å². The van der Waals surface area contributed by atoms with Crippen LogP contribution < -0.4 is 4.74 Å². The van der Waals surface area contributed by atoms with Gasteiger partial charge in [-0.25, -0.2) is 13.8 Å². The highest BCUT2D eigenvalue weighted by Gasteiger charge is 2.17. The van der Waals surface area contributed by atoms with Gasteiger partial charge in [0.2, 0.25) is 5.89 Å². The van der Waals surface area contributed by atoms with E-state index < -0.39 is 16.6 Å². The van der Waals surface area contributed by atoms with Crippen molar-refractivity contribution in [2.24, 2.45) is 0 Å². The fourth-order valence-corrected chi connectivity index (χ4v) is 3.54. The van der Waals surface area contributed by atoms with Gasteiger partial charge in [0.05, 0.1) is 17.1 Å². The molecule has 0 aliphatic carbocycles. The van der Waals surface area contributed by atoms with Gasteiger partial charge in [0, 0.05) is 23.8 Å². The largest absolute Gasteiger partial charge is 0.493 e. The van der Waals surface area contributed by atoms with E-state index in [9.17, 15) is 18.9 Å². The Morgan fingerprint density at radius 3 is 2.48 bits per heavy atom. The van der Waals surface area contributed by atoms with E-state index in [1.54, 1.807) is 18.2 Å². The normalized spacial score (nSPS) is 11.1. The Morgan fingerprint density at radius 1 is 0.970 bits per heavy atom. The zero-order valence-corrected chi connectivity index (χ0v) is 18.0. The first-order valence-electron chi connectivity index (χ1n) is 10.7. The number of unbranched alkanes of at least 4 members (excludes halogenated alkanes) is 3. The molecule has 6 nitrogen and oxygen atoms in total. The summed E-state index contributed by atoms with van der Waals surface area (Å²) in [5, 5.41) is 10.9. The summed E-state index contributed by atoms with van der Waals surface area (Å²) < 4.78 is 40.7. The third kappa shape index (κ3) is 5.00. The average molecular weight is 452 g/mol. The predicted molar refractivity (Wildman–Crippen MR) is 121 cm³/mol. The van der Waals surface area contributed by atoms with Crippen molar-refractivity contribution in [1.82, 2.24) is 4.98 Å². The number of oxazole rings is 1. The molecule has 0 bridgehead atoms. The molecule has 0 amide bonds. The molecule has 0 aliphatic rings. The Balaban J connectivity index is 1.54. The minimum absolute atomic E-state index is 0.0122. The molecule has 1 heterocycles. The van der Waals surface area contributed by atoms with Crippen molar-refractivity contribution in [1.29, 1.82) is 0 Å². The second-order valence-corrected chi connectivity index (χ2v) is 7.67. The second kappa shape index (κ2) is 9.77. The van der Waals surface area contributed by atoms with Crippen LogP contribution in [0.3, 0.4) is 0 Å². The number of nitro benzene ring substituents is 1. The second-order valence-electron chi connectivity index (χ2n) is 7.67. The van der Waals surface area contributed by atoms with E-state index in [0.717, 1.165) is 25.7 Å². The van der Waals surface area contributed by atoms with Gasteiger partial charge in [-0.05, 0) is 42.3 Å². The van der Waals surface area contributed by atoms with Crippen LogP contribution >= 0.6 is 0 Å². The monoisotopic (exact) mass is 452 g/mol. The lowest BCUT2D eigenvalue weighted by atomic mass is 10.0. The van der Waals surface area contributed by atoms with Crippen molar-refractivity contribution < 1.29 is 22.9 Å². The van der Waals surface area contributed by atoms with Gasteiger partial charge in [-0.3, -0.25) is 10.1 Å². The molecule has 4 rings (SSSR count). The van der Waals surface area contributed by atoms with Gasteiger partial charge in [-0.1, -0.05) is 32.3 Å². The van der Waals surface area contributed by atoms with Crippen LogP contribution in [0.1, 0.15) is 32.6 Å². The maximum Gasteiger partial charge on any atom is 0.271 e. The van der Waals surface area contributed by atoms with Crippen LogP contribution in [0.5, 0.6) is 5.75 Å². The number of halogens is 2. The summed E-state index contributed by atoms with van der Waals surface area (Å²) in [5.74, 6) is -0.737. The van der Waals surface area contributed by atoms with Gasteiger partial charge >= 0.3 is 0 Å². The molecule has 170 valence electrons. The molecule has 33 heavy (non-hydrogen) atoms. The van der Waals surface area contributed by atoms with Crippen molar-refractivity contribution in [3.8, 4) is 28.3 Å². The quantitative estimate of drug-likeness (QED) is 0.151. The van der Waals surface area contributed by atoms with E-state index >= 15 is 0 Å². The minimum atomic E-state index is -0.649. The fourth-order valence-electron chi connectivity index (χ4n) is 3.54. The summed E-state index contributed by atoms with van der Waals surface area (Å²) in [6, 6.07) is 12.7. The number of hydrogen-bond donors (Lipinski definition) is 0. The molecule has 0 atom stereocenters. The third-order valence-corrected chi connectivity index (χ3v) is 5.30. The van der Waals surface area contributed by atoms with Crippen LogP contribution in [0.25, 0.3) is 33.7 Å². The Morgan fingerprint density at radius 2 is 1.76 bits per heavy atom. The number of rotatable bonds is 9. The summed E-state index contributed by atoms with van der Waals surface area (Å²) in [6.07, 6.45) is 4.25. The van der Waals surface area contributed by atoms with Gasteiger partial charge < -0.3 is 9.15 Å². The maximum absolute atomic E-state index is 14.9. The van der Waals surface area contributed by atoms with Crippen molar-refractivity contribution >= 4 is 16.8 Å². The van der Waals surface area contributed by atoms with E-state index in [2.05, 4.69) is 11.9 Å². The summed E-state index contributed by atoms with van der Waals surface area (Å²) >= 11 is 0. The Bertz CT molecular complexity index is 1300. The van der Waals surface area contributed by atoms with Crippen LogP contribution in [0.4, 0.5) is 14.5 Å². The SMILES string of the molecule is CCCCCCOc1ccc(-c2ccc(-c3nc4cc([N+](=O)[O-])ccc4o3)c(F)c2)c(F)c1. The van der Waals surface area contributed by atoms with Gasteiger partial charge in [0.15, 0.2) is 5.58 Å². The van der Waals surface area contributed by atoms with Crippen molar-refractivity contribution in [3.63, 3.8) is 0 Å². The van der Waals surface area contributed by atoms with Gasteiger partial charge in [-0.2, -0.15) is 0 Å². The highest BCUT2D eigenvalue weighted by molar-refractivity contribution is 5.79. The summed E-state index contributed by atoms with van der Waals surface area (Å²) in [7, 11) is 0. The smallest absolute Gasteiger partial charge is 0.271 e. The number of nitrogens with zero attached hydrogens (tertiary/aromatic N) is 2. The van der Waals surface area contributed by atoms with Crippen molar-refractivity contribution in [2.75, 3.05) is 6.61 Å². The van der Waals surface area contributed by atoms with E-state index in [4.69, 9.17) is 9.15 Å². The summed E-state index contributed by atoms with van der Waals surface area (Å²) in [4.78, 5) is 14.6. The lowest BCUT2D eigenvalue weighted by Crippen LogP contribution is -1.98. The maximum atomic E-state index is 14.9. The zero-order valence-electron chi connectivity index (χ0n) is 18.0. The molecule has 0 fully saturated rings. The van der Waals surface area contributed by atoms with Gasteiger partial charge in [0.25, 0.3) is 5.69 Å². The molecule has 8 heteroatoms. The van der Waals surface area contributed by atoms with Crippen LogP contribution in [-0.4, -0.2) is 16.5 Å². The number of nitro groups is 1. The highest BCUT2D eigenvalue weighted by Crippen LogP contribution is 2.32. The third-order valence-electron chi connectivity index (χ3n) is 5.30. The predicted octanol–water partition coefficient (Wildman–Crippen LogP) is 7.31. The Kier molecular flexibility index (Phi) is 6.63. The first-order valence-corrected chi connectivity index (χ1v) is 10.7. The number of aromatic nitrogens is 1. The molecule has 0 N–H and O–H groups in total. The molecule has 3 aromatic carbocycles. The zero-order chi connectivity index (χ0) is 23.4. The van der Waals surface area contributed by atoms with Crippen LogP contribution in [0.15, 0.2) is 59.0 Å². The Hall–Kier alpha value is -3.81. The van der Waals surface area contributed by atoms with Gasteiger partial charge in [-0.15, -0.1) is 0 Å². The lowest BCUT2D eigenvalue weighted by molar-refractivity contribution is -0.384. The molecular formula is C25H22F2N2O4. The topological polar surface area (TPSA) is 78.4 Å². The number of hydrogen-bond acceptors (Lipinski definition) is 5. The average Bonchev–Trinajstić information content (AvgIpc) is 3.22. The summed E-state index contributed by atoms with van der Waals surface area (Å²) in [5.41, 5.74) is 1.09. The molecular weight excluding hydrogens is 430 g/mol. The van der Waals surface area contributed by atoms with Crippen LogP contribution in [-0.2, 0) is 0 Å². The first kappa shape index (κ1) is 22.4. The fraction of sp³-hybridized carbons (Fsp3) is 0.240. The molecule has 0 aliphatic heterocycles. The molecule has 0 spiro atoms. The number of fused-ring (bicyclic) bond motifs is 1. The summed E-state index contributed by atoms with van der Waals surface area (Å²) in [6.45, 7) is 2.65. The highest BCUT2D eigenvalue weighted by atomic mass is 19.1. The molecule has 1 aromatic heterocycles. The van der Waals surface area contributed by atoms with Crippen molar-refractivity contribution in [2.45, 2.75) is 32.6 Å². The standard InChI is InChI=1S/C25H22F2N2O4/c1-2-3-4-5-12-32-18-8-10-19(22(27)15-18)16-6-9-20(21(26)13-16)25-28-23-14-17(29(30)31)7-11-24(23)33-25/h6-11,13-15H,2-5,12H2,1H3. The number of non-ortho nitro benzene ring substituents is 1. The van der Waals surface area contributed by atoms with E-state index in [1.807, 2.05) is 0 Å².